The molecule has 0 aliphatic carbocycles. The molecule has 4 nitrogen and oxygen atoms in total. The van der Waals surface area contributed by atoms with Gasteiger partial charge in [-0.15, -0.1) is 0 Å². The van der Waals surface area contributed by atoms with Gasteiger partial charge in [-0.05, 0) is 0 Å². The van der Waals surface area contributed by atoms with Gasteiger partial charge in [-0.1, -0.05) is 18.2 Å². The number of halogens is 1. The fourth-order valence-corrected chi connectivity index (χ4v) is 0.910. The first kappa shape index (κ1) is 10.4. The zero-order chi connectivity index (χ0) is 9.23. The second-order valence-corrected chi connectivity index (χ2v) is 4.41. The number of rotatable bonds is 2. The number of hydrogen-bond acceptors (Lipinski definition) is 3. The van der Waals surface area contributed by atoms with Crippen molar-refractivity contribution in [1.82, 2.24) is 4.31 Å². The Bertz CT molecular complexity index is 282. The van der Waals surface area contributed by atoms with Crippen LogP contribution in [0.25, 0.3) is 0 Å². The molecule has 0 spiro atoms. The Morgan fingerprint density at radius 1 is 1.55 bits per heavy atom. The number of sulfonamides is 1. The molecule has 0 fully saturated rings. The lowest BCUT2D eigenvalue weighted by Crippen LogP contribution is -2.31. The Morgan fingerprint density at radius 3 is 2.00 bits per heavy atom. The van der Waals surface area contributed by atoms with Crippen LogP contribution in [-0.2, 0) is 14.8 Å². The highest BCUT2D eigenvalue weighted by Crippen LogP contribution is 2.04. The highest BCUT2D eigenvalue weighted by molar-refractivity contribution is 7.88. The maximum Gasteiger partial charge on any atom is 0.277 e. The summed E-state index contributed by atoms with van der Waals surface area (Å²) in [4.78, 5) is 10.8. The molecule has 0 aromatic rings. The molecule has 0 radical (unpaired) electrons. The lowest BCUT2D eigenvalue weighted by molar-refractivity contribution is -0.121. The van der Waals surface area contributed by atoms with Gasteiger partial charge in [0.1, 0.15) is 0 Å². The van der Waals surface area contributed by atoms with Gasteiger partial charge in [0.05, 0.1) is 11.3 Å². The number of amides is 1. The zero-order valence-electron chi connectivity index (χ0n) is 6.17. The van der Waals surface area contributed by atoms with E-state index in [4.69, 9.17) is 11.6 Å². The molecule has 0 N–H and O–H groups in total. The van der Waals surface area contributed by atoms with Gasteiger partial charge in [0.25, 0.3) is 5.91 Å². The summed E-state index contributed by atoms with van der Waals surface area (Å²) >= 11 is 5.18. The third-order valence-corrected chi connectivity index (χ3v) is 2.34. The molecule has 0 aromatic heterocycles. The molecule has 11 heavy (non-hydrogen) atoms. The van der Waals surface area contributed by atoms with E-state index in [9.17, 15) is 13.2 Å². The molecule has 0 aliphatic heterocycles. The molecule has 0 aliphatic rings. The average molecular weight is 198 g/mol. The lowest BCUT2D eigenvalue weighted by atomic mass is 10.6. The van der Waals surface area contributed by atoms with Gasteiger partial charge >= 0.3 is 0 Å². The Labute approximate surface area is 70.5 Å². The molecular formula is C5H8ClNO3S. The van der Waals surface area contributed by atoms with E-state index in [0.717, 1.165) is 13.3 Å². The van der Waals surface area contributed by atoms with Crippen molar-refractivity contribution in [1.29, 1.82) is 0 Å². The quantitative estimate of drug-likeness (QED) is 0.593. The Hall–Kier alpha value is -0.550. The first-order valence-electron chi connectivity index (χ1n) is 2.59. The highest BCUT2D eigenvalue weighted by Gasteiger charge is 2.19. The van der Waals surface area contributed by atoms with Crippen LogP contribution in [0.4, 0.5) is 0 Å². The van der Waals surface area contributed by atoms with Crippen molar-refractivity contribution in [2.75, 3.05) is 13.3 Å². The van der Waals surface area contributed by atoms with Gasteiger partial charge in [-0.3, -0.25) is 4.79 Å². The van der Waals surface area contributed by atoms with Crippen LogP contribution in [0.15, 0.2) is 11.6 Å². The van der Waals surface area contributed by atoms with Crippen LogP contribution in [0.1, 0.15) is 0 Å². The van der Waals surface area contributed by atoms with E-state index in [2.05, 4.69) is 6.58 Å². The maximum absolute atomic E-state index is 10.8. The van der Waals surface area contributed by atoms with Crippen molar-refractivity contribution in [3.63, 3.8) is 0 Å². The third kappa shape index (κ3) is 2.90. The van der Waals surface area contributed by atoms with Crippen LogP contribution in [0, 0.1) is 0 Å². The van der Waals surface area contributed by atoms with Gasteiger partial charge < -0.3 is 0 Å². The molecule has 6 heteroatoms. The average Bonchev–Trinajstić information content (AvgIpc) is 1.82. The molecule has 0 aromatic carbocycles. The Morgan fingerprint density at radius 2 is 1.91 bits per heavy atom. The summed E-state index contributed by atoms with van der Waals surface area (Å²) in [6, 6.07) is 0. The topological polar surface area (TPSA) is 54.5 Å². The van der Waals surface area contributed by atoms with Gasteiger partial charge in [0, 0.05) is 7.05 Å². The molecule has 1 amide bonds. The predicted molar refractivity (Wildman–Crippen MR) is 42.6 cm³/mol. The molecule has 0 bridgehead atoms. The highest BCUT2D eigenvalue weighted by atomic mass is 35.5. The molecule has 64 valence electrons. The monoisotopic (exact) mass is 197 g/mol. The third-order valence-electron chi connectivity index (χ3n) is 1.02. The Kier molecular flexibility index (Phi) is 3.07. The normalized spacial score (nSPS) is 10.8. The van der Waals surface area contributed by atoms with Crippen LogP contribution in [0.5, 0.6) is 0 Å². The van der Waals surface area contributed by atoms with Crippen LogP contribution in [0.2, 0.25) is 0 Å². The SMILES string of the molecule is C=C(Cl)C(=O)N(C)S(C)(=O)=O. The van der Waals surface area contributed by atoms with Crippen molar-refractivity contribution < 1.29 is 13.2 Å². The standard InChI is InChI=1S/C5H8ClNO3S/c1-4(6)5(8)7(2)11(3,9)10/h1H2,2-3H3. The van der Waals surface area contributed by atoms with E-state index in [1.165, 1.54) is 0 Å². The van der Waals surface area contributed by atoms with E-state index in [-0.39, 0.29) is 5.03 Å². The van der Waals surface area contributed by atoms with E-state index < -0.39 is 15.9 Å². The van der Waals surface area contributed by atoms with Crippen LogP contribution in [0.3, 0.4) is 0 Å². The maximum atomic E-state index is 10.8. The van der Waals surface area contributed by atoms with Crippen molar-refractivity contribution >= 4 is 27.5 Å². The molecule has 0 unspecified atom stereocenters. The minimum Gasteiger partial charge on any atom is -0.267 e. The number of hydrogen-bond donors (Lipinski definition) is 0. The van der Waals surface area contributed by atoms with E-state index in [1.54, 1.807) is 0 Å². The number of carbonyl (C=O) groups is 1. The molecule has 0 saturated heterocycles. The molecular weight excluding hydrogens is 190 g/mol. The largest absolute Gasteiger partial charge is 0.277 e. The van der Waals surface area contributed by atoms with Gasteiger partial charge in [0.2, 0.25) is 10.0 Å². The van der Waals surface area contributed by atoms with E-state index in [1.807, 2.05) is 0 Å². The number of nitrogens with zero attached hydrogens (tertiary/aromatic N) is 1. The molecule has 0 saturated carbocycles. The summed E-state index contributed by atoms with van der Waals surface area (Å²) in [7, 11) is -2.39. The minimum atomic E-state index is -3.51. The Balaban J connectivity index is 4.66. The summed E-state index contributed by atoms with van der Waals surface area (Å²) in [5.74, 6) is -0.811. The second-order valence-electron chi connectivity index (χ2n) is 1.94. The lowest BCUT2D eigenvalue weighted by Gasteiger charge is -2.12. The van der Waals surface area contributed by atoms with Crippen molar-refractivity contribution in [2.24, 2.45) is 0 Å². The fraction of sp³-hybridized carbons (Fsp3) is 0.400. The summed E-state index contributed by atoms with van der Waals surface area (Å²) in [5.41, 5.74) is 0. The first-order valence-corrected chi connectivity index (χ1v) is 4.82. The number of carbonyl (C=O) groups excluding carboxylic acids is 1. The second kappa shape index (κ2) is 3.23. The minimum absolute atomic E-state index is 0.321. The smallest absolute Gasteiger partial charge is 0.267 e. The molecule has 0 heterocycles. The molecule has 0 atom stereocenters. The number of likely N-dealkylation sites (N-methyl/N-ethyl adjacent to an activating group) is 1. The fourth-order valence-electron chi connectivity index (χ4n) is 0.321. The van der Waals surface area contributed by atoms with Crippen molar-refractivity contribution in [3.05, 3.63) is 11.6 Å². The van der Waals surface area contributed by atoms with Crippen LogP contribution in [-0.4, -0.2) is 31.9 Å². The summed E-state index contributed by atoms with van der Waals surface area (Å²) in [6.45, 7) is 3.10. The van der Waals surface area contributed by atoms with Crippen LogP contribution >= 0.6 is 11.6 Å². The summed E-state index contributed by atoms with van der Waals surface area (Å²) in [6.07, 6.45) is 0.907. The zero-order valence-corrected chi connectivity index (χ0v) is 7.74. The van der Waals surface area contributed by atoms with Crippen molar-refractivity contribution in [2.45, 2.75) is 0 Å². The van der Waals surface area contributed by atoms with Gasteiger partial charge in [-0.2, -0.15) is 0 Å². The first-order chi connectivity index (χ1) is 4.76. The summed E-state index contributed by atoms with van der Waals surface area (Å²) < 4.78 is 21.9. The van der Waals surface area contributed by atoms with Gasteiger partial charge in [-0.25, -0.2) is 12.7 Å². The van der Waals surface area contributed by atoms with E-state index >= 15 is 0 Å². The van der Waals surface area contributed by atoms with Crippen molar-refractivity contribution in [3.8, 4) is 0 Å². The van der Waals surface area contributed by atoms with Crippen LogP contribution < -0.4 is 0 Å². The van der Waals surface area contributed by atoms with Gasteiger partial charge in [0.15, 0.2) is 0 Å². The summed E-state index contributed by atoms with van der Waals surface area (Å²) in [5, 5.41) is -0.321. The van der Waals surface area contributed by atoms with E-state index in [0.29, 0.717) is 4.31 Å². The molecule has 0 rings (SSSR count). The predicted octanol–water partition coefficient (Wildman–Crippen LogP) is 0.157.